The smallest absolute Gasteiger partial charge is 0.341 e. The van der Waals surface area contributed by atoms with Crippen molar-refractivity contribution in [2.45, 2.75) is 13.8 Å². The first-order chi connectivity index (χ1) is 12.3. The van der Waals surface area contributed by atoms with Crippen LogP contribution in [-0.4, -0.2) is 31.8 Å². The molecule has 0 aliphatic carbocycles. The van der Waals surface area contributed by atoms with E-state index in [0.717, 1.165) is 14.5 Å². The van der Waals surface area contributed by atoms with Gasteiger partial charge in [0.05, 0.1) is 12.8 Å². The molecule has 138 valence electrons. The van der Waals surface area contributed by atoms with Crippen LogP contribution < -0.4 is 5.32 Å². The maximum absolute atomic E-state index is 12.0. The number of hydrogen-bond acceptors (Lipinski definition) is 6. The second-order valence-electron chi connectivity index (χ2n) is 5.27. The minimum Gasteiger partial charge on any atom is -0.465 e. The Hall–Kier alpha value is -2.13. The van der Waals surface area contributed by atoms with Gasteiger partial charge in [-0.05, 0) is 63.4 Å². The maximum atomic E-state index is 12.0. The van der Waals surface area contributed by atoms with Crippen molar-refractivity contribution < 1.29 is 23.6 Å². The van der Waals surface area contributed by atoms with Crippen molar-refractivity contribution in [2.75, 3.05) is 19.0 Å². The van der Waals surface area contributed by atoms with Crippen LogP contribution in [0.3, 0.4) is 0 Å². The second kappa shape index (κ2) is 9.00. The highest BCUT2D eigenvalue weighted by atomic mass is 79.9. The Morgan fingerprint density at radius 3 is 2.50 bits per heavy atom. The number of methoxy groups -OCH3 is 1. The number of aryl methyl sites for hydroxylation is 2. The Labute approximate surface area is 167 Å². The third-order valence-corrected chi connectivity index (χ3v) is 4.49. The molecule has 0 aliphatic rings. The molecular formula is C17H16Br2N2O5. The van der Waals surface area contributed by atoms with Crippen molar-refractivity contribution in [3.05, 3.63) is 49.8 Å². The van der Waals surface area contributed by atoms with Crippen molar-refractivity contribution in [2.24, 2.45) is 5.16 Å². The average molecular weight is 488 g/mol. The lowest BCUT2D eigenvalue weighted by atomic mass is 10.2. The minimum absolute atomic E-state index is 0.285. The van der Waals surface area contributed by atoms with Gasteiger partial charge in [-0.1, -0.05) is 5.16 Å². The molecule has 1 N–H and O–H groups in total. The number of halogens is 2. The number of amides is 1. The van der Waals surface area contributed by atoms with Gasteiger partial charge in [-0.3, -0.25) is 4.79 Å². The summed E-state index contributed by atoms with van der Waals surface area (Å²) in [6.07, 6.45) is 1.27. The molecule has 0 radical (unpaired) electrons. The van der Waals surface area contributed by atoms with Gasteiger partial charge < -0.3 is 19.3 Å². The summed E-state index contributed by atoms with van der Waals surface area (Å²) >= 11 is 6.80. The third-order valence-electron chi connectivity index (χ3n) is 3.24. The van der Waals surface area contributed by atoms with E-state index < -0.39 is 5.97 Å². The van der Waals surface area contributed by atoms with Gasteiger partial charge in [0.15, 0.2) is 6.61 Å². The first-order valence-corrected chi connectivity index (χ1v) is 9.00. The van der Waals surface area contributed by atoms with Gasteiger partial charge in [-0.2, -0.15) is 0 Å². The highest BCUT2D eigenvalue weighted by Gasteiger charge is 2.14. The lowest BCUT2D eigenvalue weighted by Crippen LogP contribution is -2.17. The number of oxime groups is 1. The van der Waals surface area contributed by atoms with E-state index in [1.165, 1.54) is 19.4 Å². The lowest BCUT2D eigenvalue weighted by molar-refractivity contribution is -0.120. The van der Waals surface area contributed by atoms with Crippen LogP contribution >= 0.6 is 31.9 Å². The van der Waals surface area contributed by atoms with Gasteiger partial charge in [0.2, 0.25) is 0 Å². The molecule has 0 fully saturated rings. The molecule has 7 nitrogen and oxygen atoms in total. The number of nitrogens with one attached hydrogen (secondary N) is 1. The Bertz CT molecular complexity index is 838. The Kier molecular flexibility index (Phi) is 6.98. The molecule has 0 saturated carbocycles. The van der Waals surface area contributed by atoms with E-state index in [0.29, 0.717) is 22.8 Å². The normalized spacial score (nSPS) is 10.8. The van der Waals surface area contributed by atoms with Gasteiger partial charge in [0.25, 0.3) is 5.91 Å². The van der Waals surface area contributed by atoms with Crippen LogP contribution in [-0.2, 0) is 14.4 Å². The zero-order chi connectivity index (χ0) is 19.3. The number of carbonyl (C=O) groups is 2. The molecule has 0 atom stereocenters. The number of nitrogens with zero attached hydrogens (tertiary/aromatic N) is 1. The molecule has 0 spiro atoms. The van der Waals surface area contributed by atoms with Crippen molar-refractivity contribution in [1.82, 2.24) is 0 Å². The molecule has 0 saturated heterocycles. The van der Waals surface area contributed by atoms with Crippen LogP contribution in [0.25, 0.3) is 0 Å². The van der Waals surface area contributed by atoms with Crippen molar-refractivity contribution >= 4 is 55.6 Å². The number of carbonyl (C=O) groups excluding carboxylic acids is 2. The summed E-state index contributed by atoms with van der Waals surface area (Å²) in [5.74, 6) is -0.156. The molecular weight excluding hydrogens is 472 g/mol. The maximum Gasteiger partial charge on any atom is 0.341 e. The number of hydrogen-bond donors (Lipinski definition) is 1. The quantitative estimate of drug-likeness (QED) is 0.374. The highest BCUT2D eigenvalue weighted by molar-refractivity contribution is 9.11. The first-order valence-electron chi connectivity index (χ1n) is 7.41. The van der Waals surface area contributed by atoms with Crippen LogP contribution in [0, 0.1) is 13.8 Å². The Balaban J connectivity index is 1.91. The molecule has 0 bridgehead atoms. The summed E-state index contributed by atoms with van der Waals surface area (Å²) in [4.78, 5) is 28.4. The standard InChI is InChI=1S/C17H16Br2N2O5/c1-9-4-13(18)16(14(19)5-9)21-15(22)8-25-20-7-11-6-12(10(2)26-11)17(23)24-3/h4-7H,8H2,1-3H3,(H,21,22)/b20-7+. The predicted molar refractivity (Wildman–Crippen MR) is 104 cm³/mol. The summed E-state index contributed by atoms with van der Waals surface area (Å²) in [6, 6.07) is 5.25. The number of anilines is 1. The van der Waals surface area contributed by atoms with E-state index in [9.17, 15) is 9.59 Å². The largest absolute Gasteiger partial charge is 0.465 e. The fourth-order valence-corrected chi connectivity index (χ4v) is 3.67. The monoisotopic (exact) mass is 486 g/mol. The number of rotatable bonds is 6. The molecule has 9 heteroatoms. The summed E-state index contributed by atoms with van der Waals surface area (Å²) in [5.41, 5.74) is 1.96. The minimum atomic E-state index is -0.500. The van der Waals surface area contributed by atoms with E-state index in [1.54, 1.807) is 6.92 Å². The number of ether oxygens (including phenoxy) is 1. The lowest BCUT2D eigenvalue weighted by Gasteiger charge is -2.10. The summed E-state index contributed by atoms with van der Waals surface area (Å²) in [7, 11) is 1.29. The molecule has 1 aromatic heterocycles. The molecule has 1 amide bonds. The molecule has 26 heavy (non-hydrogen) atoms. The van der Waals surface area contributed by atoms with Crippen LogP contribution in [0.2, 0.25) is 0 Å². The van der Waals surface area contributed by atoms with E-state index in [4.69, 9.17) is 9.25 Å². The van der Waals surface area contributed by atoms with Gasteiger partial charge in [-0.15, -0.1) is 0 Å². The van der Waals surface area contributed by atoms with E-state index >= 15 is 0 Å². The molecule has 2 aromatic rings. The molecule has 1 aromatic carbocycles. The van der Waals surface area contributed by atoms with E-state index in [2.05, 4.69) is 47.1 Å². The van der Waals surface area contributed by atoms with Crippen LogP contribution in [0.1, 0.15) is 27.4 Å². The number of esters is 1. The molecule has 1 heterocycles. The van der Waals surface area contributed by atoms with Gasteiger partial charge in [0.1, 0.15) is 23.3 Å². The summed E-state index contributed by atoms with van der Waals surface area (Å²) in [5, 5.41) is 6.39. The topological polar surface area (TPSA) is 90.1 Å². The molecule has 0 unspecified atom stereocenters. The van der Waals surface area contributed by atoms with Crippen molar-refractivity contribution in [3.8, 4) is 0 Å². The zero-order valence-corrected chi connectivity index (χ0v) is 17.4. The molecule has 0 aliphatic heterocycles. The third kappa shape index (κ3) is 5.18. The number of benzene rings is 1. The molecule has 2 rings (SSSR count). The average Bonchev–Trinajstić information content (AvgIpc) is 2.95. The second-order valence-corrected chi connectivity index (χ2v) is 6.98. The summed E-state index contributed by atoms with van der Waals surface area (Å²) < 4.78 is 11.5. The summed E-state index contributed by atoms with van der Waals surface area (Å²) in [6.45, 7) is 3.29. The van der Waals surface area contributed by atoms with E-state index in [-0.39, 0.29) is 12.5 Å². The Morgan fingerprint density at radius 2 is 1.88 bits per heavy atom. The first kappa shape index (κ1) is 20.2. The Morgan fingerprint density at radius 1 is 1.23 bits per heavy atom. The highest BCUT2D eigenvalue weighted by Crippen LogP contribution is 2.32. The van der Waals surface area contributed by atoms with Crippen molar-refractivity contribution in [3.63, 3.8) is 0 Å². The predicted octanol–water partition coefficient (Wildman–Crippen LogP) is 4.20. The number of furan rings is 1. The van der Waals surface area contributed by atoms with Crippen LogP contribution in [0.5, 0.6) is 0 Å². The van der Waals surface area contributed by atoms with Crippen molar-refractivity contribution in [1.29, 1.82) is 0 Å². The van der Waals surface area contributed by atoms with Gasteiger partial charge in [-0.25, -0.2) is 4.79 Å². The van der Waals surface area contributed by atoms with Crippen LogP contribution in [0.15, 0.2) is 36.7 Å². The fourth-order valence-electron chi connectivity index (χ4n) is 2.06. The van der Waals surface area contributed by atoms with Crippen LogP contribution in [0.4, 0.5) is 5.69 Å². The fraction of sp³-hybridized carbons (Fsp3) is 0.235. The SMILES string of the molecule is COC(=O)c1cc(/C=N/OCC(=O)Nc2c(Br)cc(C)cc2Br)oc1C. The van der Waals surface area contributed by atoms with Gasteiger partial charge >= 0.3 is 5.97 Å². The van der Waals surface area contributed by atoms with E-state index in [1.807, 2.05) is 19.1 Å². The van der Waals surface area contributed by atoms with Gasteiger partial charge in [0, 0.05) is 15.0 Å². The zero-order valence-electron chi connectivity index (χ0n) is 14.3.